The summed E-state index contributed by atoms with van der Waals surface area (Å²) in [7, 11) is 3.09. The van der Waals surface area contributed by atoms with Gasteiger partial charge in [-0.15, -0.1) is 0 Å². The molecule has 104 valence electrons. The fourth-order valence-electron chi connectivity index (χ4n) is 2.06. The van der Waals surface area contributed by atoms with E-state index < -0.39 is 9.05 Å². The molecule has 1 atom stereocenters. The van der Waals surface area contributed by atoms with Gasteiger partial charge in [0.1, 0.15) is 5.82 Å². The number of aromatic nitrogens is 1. The van der Waals surface area contributed by atoms with Crippen LogP contribution in [0.5, 0.6) is 5.88 Å². The normalized spacial score (nSPS) is 19.8. The number of anilines is 1. The van der Waals surface area contributed by atoms with Crippen molar-refractivity contribution < 1.29 is 17.9 Å². The van der Waals surface area contributed by atoms with E-state index in [-0.39, 0.29) is 24.0 Å². The van der Waals surface area contributed by atoms with E-state index in [9.17, 15) is 13.2 Å². The Hall–Kier alpha value is -1.34. The lowest BCUT2D eigenvalue weighted by atomic mass is 10.1. The Morgan fingerprint density at radius 2 is 2.26 bits per heavy atom. The number of carbonyl (C=O) groups excluding carboxylic acids is 1. The molecule has 1 aromatic rings. The Kier molecular flexibility index (Phi) is 3.96. The van der Waals surface area contributed by atoms with Gasteiger partial charge in [0.05, 0.1) is 12.9 Å². The van der Waals surface area contributed by atoms with Crippen LogP contribution in [0, 0.1) is 5.92 Å². The topological polar surface area (TPSA) is 76.6 Å². The van der Waals surface area contributed by atoms with Crippen LogP contribution in [0.4, 0.5) is 5.82 Å². The summed E-state index contributed by atoms with van der Waals surface area (Å²) in [5.41, 5.74) is 0. The van der Waals surface area contributed by atoms with Gasteiger partial charge in [0.15, 0.2) is 0 Å². The van der Waals surface area contributed by atoms with Crippen molar-refractivity contribution >= 4 is 31.5 Å². The fourth-order valence-corrected chi connectivity index (χ4v) is 3.38. The highest BCUT2D eigenvalue weighted by Gasteiger charge is 2.33. The van der Waals surface area contributed by atoms with Crippen molar-refractivity contribution in [3.63, 3.8) is 0 Å². The van der Waals surface area contributed by atoms with E-state index in [1.54, 1.807) is 18.2 Å². The maximum atomic E-state index is 11.9. The molecular formula is C11H13ClN2O4S. The number of amides is 1. The van der Waals surface area contributed by atoms with Gasteiger partial charge in [-0.1, -0.05) is 6.07 Å². The second-order valence-corrected chi connectivity index (χ2v) is 7.14. The lowest BCUT2D eigenvalue weighted by Gasteiger charge is -2.15. The largest absolute Gasteiger partial charge is 0.481 e. The van der Waals surface area contributed by atoms with Gasteiger partial charge in [-0.25, -0.2) is 8.42 Å². The average Bonchev–Trinajstić information content (AvgIpc) is 2.68. The van der Waals surface area contributed by atoms with Gasteiger partial charge in [0.25, 0.3) is 0 Å². The van der Waals surface area contributed by atoms with Gasteiger partial charge in [0, 0.05) is 35.6 Å². The van der Waals surface area contributed by atoms with Crippen LogP contribution in [-0.4, -0.2) is 38.7 Å². The number of ether oxygens (including phenoxy) is 1. The number of rotatable bonds is 4. The Morgan fingerprint density at radius 3 is 2.89 bits per heavy atom. The van der Waals surface area contributed by atoms with Crippen LogP contribution in [0.3, 0.4) is 0 Å². The summed E-state index contributed by atoms with van der Waals surface area (Å²) >= 11 is 0. The molecule has 0 bridgehead atoms. The molecule has 8 heteroatoms. The van der Waals surface area contributed by atoms with Gasteiger partial charge in [-0.2, -0.15) is 4.98 Å². The zero-order valence-electron chi connectivity index (χ0n) is 10.2. The first-order chi connectivity index (χ1) is 8.89. The van der Waals surface area contributed by atoms with E-state index in [2.05, 4.69) is 4.98 Å². The molecule has 0 saturated carbocycles. The van der Waals surface area contributed by atoms with Crippen molar-refractivity contribution in [2.24, 2.45) is 5.92 Å². The highest BCUT2D eigenvalue weighted by Crippen LogP contribution is 2.26. The van der Waals surface area contributed by atoms with Crippen molar-refractivity contribution in [1.82, 2.24) is 4.98 Å². The average molecular weight is 305 g/mol. The molecule has 6 nitrogen and oxygen atoms in total. The molecular weight excluding hydrogens is 292 g/mol. The molecule has 0 aromatic carbocycles. The predicted octanol–water partition coefficient (Wildman–Crippen LogP) is 1.01. The Balaban J connectivity index is 2.15. The van der Waals surface area contributed by atoms with E-state index in [1.807, 2.05) is 0 Å². The highest BCUT2D eigenvalue weighted by molar-refractivity contribution is 8.13. The van der Waals surface area contributed by atoms with Crippen molar-refractivity contribution in [3.05, 3.63) is 18.2 Å². The van der Waals surface area contributed by atoms with Crippen LogP contribution in [0.15, 0.2) is 18.2 Å². The first-order valence-corrected chi connectivity index (χ1v) is 8.10. The number of hydrogen-bond acceptors (Lipinski definition) is 5. The van der Waals surface area contributed by atoms with Crippen molar-refractivity contribution in [2.75, 3.05) is 24.3 Å². The minimum absolute atomic E-state index is 0.158. The molecule has 1 aliphatic rings. The Labute approximate surface area is 115 Å². The first-order valence-electron chi connectivity index (χ1n) is 5.63. The molecule has 1 fully saturated rings. The highest BCUT2D eigenvalue weighted by atomic mass is 35.7. The number of methoxy groups -OCH3 is 1. The molecule has 2 rings (SSSR count). The summed E-state index contributed by atoms with van der Waals surface area (Å²) in [6, 6.07) is 5.07. The van der Waals surface area contributed by atoms with Crippen LogP contribution in [0.25, 0.3) is 0 Å². The van der Waals surface area contributed by atoms with Crippen LogP contribution in [-0.2, 0) is 13.8 Å². The lowest BCUT2D eigenvalue weighted by Crippen LogP contribution is -2.26. The number of pyridine rings is 1. The molecule has 1 saturated heterocycles. The maximum Gasteiger partial charge on any atom is 0.232 e. The number of carbonyl (C=O) groups is 1. The van der Waals surface area contributed by atoms with Crippen molar-refractivity contribution in [3.8, 4) is 5.88 Å². The van der Waals surface area contributed by atoms with Crippen LogP contribution in [0.1, 0.15) is 6.42 Å². The smallest absolute Gasteiger partial charge is 0.232 e. The minimum atomic E-state index is -3.60. The molecule has 1 unspecified atom stereocenters. The van der Waals surface area contributed by atoms with Crippen molar-refractivity contribution in [1.29, 1.82) is 0 Å². The molecule has 1 aromatic heterocycles. The summed E-state index contributed by atoms with van der Waals surface area (Å²) in [6.07, 6.45) is 0.158. The van der Waals surface area contributed by atoms with E-state index >= 15 is 0 Å². The van der Waals surface area contributed by atoms with Crippen molar-refractivity contribution in [2.45, 2.75) is 6.42 Å². The zero-order valence-corrected chi connectivity index (χ0v) is 11.8. The second-order valence-electron chi connectivity index (χ2n) is 4.32. The predicted molar refractivity (Wildman–Crippen MR) is 70.9 cm³/mol. The van der Waals surface area contributed by atoms with Gasteiger partial charge in [-0.3, -0.25) is 9.69 Å². The van der Waals surface area contributed by atoms with Gasteiger partial charge >= 0.3 is 0 Å². The van der Waals surface area contributed by atoms with E-state index in [4.69, 9.17) is 15.4 Å². The summed E-state index contributed by atoms with van der Waals surface area (Å²) in [5, 5.41) is 0. The standard InChI is InChI=1S/C11H13ClN2O4S/c1-18-10-4-2-3-9(13-10)14-6-8(5-11(14)15)7-19(12,16)17/h2-4,8H,5-7H2,1H3. The van der Waals surface area contributed by atoms with Crippen LogP contribution in [0.2, 0.25) is 0 Å². The van der Waals surface area contributed by atoms with Gasteiger partial charge in [-0.05, 0) is 6.07 Å². The summed E-state index contributed by atoms with van der Waals surface area (Å²) in [4.78, 5) is 17.5. The third kappa shape index (κ3) is 3.57. The maximum absolute atomic E-state index is 11.9. The summed E-state index contributed by atoms with van der Waals surface area (Å²) < 4.78 is 27.1. The van der Waals surface area contributed by atoms with E-state index in [0.29, 0.717) is 18.2 Å². The SMILES string of the molecule is COc1cccc(N2CC(CS(=O)(=O)Cl)CC2=O)n1. The molecule has 0 spiro atoms. The molecule has 0 N–H and O–H groups in total. The molecule has 0 radical (unpaired) electrons. The summed E-state index contributed by atoms with van der Waals surface area (Å²) in [5.74, 6) is 0.187. The molecule has 2 heterocycles. The first kappa shape index (κ1) is 14.1. The Bertz CT molecular complexity index is 590. The molecule has 1 amide bonds. The molecule has 1 aliphatic heterocycles. The van der Waals surface area contributed by atoms with E-state index in [1.165, 1.54) is 12.0 Å². The van der Waals surface area contributed by atoms with Gasteiger partial charge < -0.3 is 4.74 Å². The van der Waals surface area contributed by atoms with Crippen LogP contribution < -0.4 is 9.64 Å². The monoisotopic (exact) mass is 304 g/mol. The fraction of sp³-hybridized carbons (Fsp3) is 0.455. The Morgan fingerprint density at radius 1 is 1.53 bits per heavy atom. The quantitative estimate of drug-likeness (QED) is 0.776. The number of hydrogen-bond donors (Lipinski definition) is 0. The number of nitrogens with zero attached hydrogens (tertiary/aromatic N) is 2. The number of halogens is 1. The minimum Gasteiger partial charge on any atom is -0.481 e. The van der Waals surface area contributed by atoms with Gasteiger partial charge in [0.2, 0.25) is 20.8 Å². The van der Waals surface area contributed by atoms with E-state index in [0.717, 1.165) is 0 Å². The molecule has 19 heavy (non-hydrogen) atoms. The lowest BCUT2D eigenvalue weighted by molar-refractivity contribution is -0.117. The zero-order chi connectivity index (χ0) is 14.0. The summed E-state index contributed by atoms with van der Waals surface area (Å²) in [6.45, 7) is 0.297. The third-order valence-corrected chi connectivity index (χ3v) is 4.08. The van der Waals surface area contributed by atoms with Crippen LogP contribution >= 0.6 is 10.7 Å². The third-order valence-electron chi connectivity index (χ3n) is 2.83. The second kappa shape index (κ2) is 5.34. The molecule has 0 aliphatic carbocycles.